The van der Waals surface area contributed by atoms with Gasteiger partial charge in [-0.25, -0.2) is 11.7 Å². The fourth-order valence-electron chi connectivity index (χ4n) is 1.52. The van der Waals surface area contributed by atoms with Gasteiger partial charge in [-0.15, -0.1) is 30.6 Å². The van der Waals surface area contributed by atoms with E-state index in [4.69, 9.17) is 17.4 Å². The van der Waals surface area contributed by atoms with Gasteiger partial charge in [0.2, 0.25) is 5.95 Å². The first kappa shape index (κ1) is 13.5. The van der Waals surface area contributed by atoms with Crippen LogP contribution in [0.4, 0.5) is 17.8 Å². The zero-order chi connectivity index (χ0) is 15.5. The smallest absolute Gasteiger partial charge is 0.292 e. The van der Waals surface area contributed by atoms with Gasteiger partial charge in [-0.2, -0.15) is 14.6 Å². The third-order valence-corrected chi connectivity index (χ3v) is 2.45. The van der Waals surface area contributed by atoms with E-state index in [1.807, 2.05) is 0 Å². The van der Waals surface area contributed by atoms with Crippen molar-refractivity contribution in [3.63, 3.8) is 0 Å². The summed E-state index contributed by atoms with van der Waals surface area (Å²) in [7, 11) is 0. The van der Waals surface area contributed by atoms with E-state index in [1.165, 1.54) is 0 Å². The van der Waals surface area contributed by atoms with Crippen molar-refractivity contribution in [2.45, 2.75) is 6.42 Å². The summed E-state index contributed by atoms with van der Waals surface area (Å²) in [5.74, 6) is 11.6. The SMILES string of the molecule is NNc1n[nH]c(Cc2nnc(-n3nc(NN)nc3N)nn2)n1. The van der Waals surface area contributed by atoms with Gasteiger partial charge in [0, 0.05) is 0 Å². The number of nitrogen functional groups attached to an aromatic ring is 3. The molecule has 15 heteroatoms. The second-order valence-corrected chi connectivity index (χ2v) is 3.89. The molecule has 0 amide bonds. The zero-order valence-electron chi connectivity index (χ0n) is 11.0. The Kier molecular flexibility index (Phi) is 3.38. The Morgan fingerprint density at radius 3 is 2.32 bits per heavy atom. The number of nitrogens with one attached hydrogen (secondary N) is 3. The van der Waals surface area contributed by atoms with Crippen LogP contribution in [0.15, 0.2) is 0 Å². The van der Waals surface area contributed by atoms with Crippen molar-refractivity contribution in [1.29, 1.82) is 0 Å². The van der Waals surface area contributed by atoms with Crippen molar-refractivity contribution in [3.8, 4) is 5.95 Å². The van der Waals surface area contributed by atoms with Crippen molar-refractivity contribution in [2.24, 2.45) is 11.7 Å². The monoisotopic (exact) mass is 305 g/mol. The summed E-state index contributed by atoms with van der Waals surface area (Å²) >= 11 is 0. The highest BCUT2D eigenvalue weighted by Gasteiger charge is 2.12. The average Bonchev–Trinajstić information content (AvgIpc) is 3.14. The molecule has 3 aromatic rings. The molecule has 3 heterocycles. The molecule has 22 heavy (non-hydrogen) atoms. The van der Waals surface area contributed by atoms with E-state index in [1.54, 1.807) is 0 Å². The number of aromatic nitrogens is 10. The molecular formula is C7H11N15. The normalized spacial score (nSPS) is 10.6. The summed E-state index contributed by atoms with van der Waals surface area (Å²) in [6.45, 7) is 0. The molecule has 0 spiro atoms. The summed E-state index contributed by atoms with van der Waals surface area (Å²) in [6, 6.07) is 0. The van der Waals surface area contributed by atoms with Crippen LogP contribution in [0.5, 0.6) is 0 Å². The van der Waals surface area contributed by atoms with Crippen molar-refractivity contribution >= 4 is 17.8 Å². The van der Waals surface area contributed by atoms with E-state index in [0.29, 0.717) is 11.6 Å². The number of nitrogens with zero attached hydrogens (tertiary/aromatic N) is 9. The van der Waals surface area contributed by atoms with E-state index in [-0.39, 0.29) is 30.2 Å². The molecule has 0 fully saturated rings. The highest BCUT2D eigenvalue weighted by molar-refractivity contribution is 5.34. The Balaban J connectivity index is 1.78. The molecule has 9 N–H and O–H groups in total. The minimum absolute atomic E-state index is 0.0400. The lowest BCUT2D eigenvalue weighted by Crippen LogP contribution is -2.12. The fraction of sp³-hybridized carbons (Fsp3) is 0.143. The zero-order valence-corrected chi connectivity index (χ0v) is 11.0. The van der Waals surface area contributed by atoms with Gasteiger partial charge in [-0.05, 0) is 0 Å². The van der Waals surface area contributed by atoms with Crippen LogP contribution in [-0.2, 0) is 6.42 Å². The van der Waals surface area contributed by atoms with Crippen LogP contribution in [0.3, 0.4) is 0 Å². The lowest BCUT2D eigenvalue weighted by molar-refractivity contribution is 0.696. The molecule has 15 nitrogen and oxygen atoms in total. The van der Waals surface area contributed by atoms with Crippen molar-refractivity contribution < 1.29 is 0 Å². The lowest BCUT2D eigenvalue weighted by atomic mass is 10.4. The third kappa shape index (κ3) is 2.55. The molecule has 0 aliphatic rings. The lowest BCUT2D eigenvalue weighted by Gasteiger charge is -1.99. The quantitative estimate of drug-likeness (QED) is 0.201. The van der Waals surface area contributed by atoms with Crippen LogP contribution in [0, 0.1) is 0 Å². The predicted molar refractivity (Wildman–Crippen MR) is 71.8 cm³/mol. The number of hydrogen-bond donors (Lipinski definition) is 6. The Labute approximate surface area is 121 Å². The number of nitrogens with two attached hydrogens (primary N) is 3. The first-order valence-corrected chi connectivity index (χ1v) is 5.83. The molecule has 0 aliphatic carbocycles. The maximum Gasteiger partial charge on any atom is 0.292 e. The van der Waals surface area contributed by atoms with E-state index in [0.717, 1.165) is 4.68 Å². The second kappa shape index (κ2) is 5.50. The number of aromatic amines is 1. The molecule has 0 bridgehead atoms. The number of rotatable bonds is 5. The molecule has 0 saturated heterocycles. The number of anilines is 3. The van der Waals surface area contributed by atoms with E-state index < -0.39 is 0 Å². The first-order chi connectivity index (χ1) is 10.7. The molecular weight excluding hydrogens is 294 g/mol. The Hall–Kier alpha value is -3.46. The largest absolute Gasteiger partial charge is 0.368 e. The van der Waals surface area contributed by atoms with Crippen LogP contribution in [0.1, 0.15) is 11.6 Å². The van der Waals surface area contributed by atoms with Crippen LogP contribution in [0.2, 0.25) is 0 Å². The standard InChI is InChI=1S/C7H11N15/c8-4-12-6(14-10)21-22(4)7-19-16-3(17-20-7)1-2-11-5(13-9)18-15-2/h1,9-10H2,(H3,8,12,14,21)(H2,11,13,15,18). The van der Waals surface area contributed by atoms with Gasteiger partial charge in [0.05, 0.1) is 6.42 Å². The summed E-state index contributed by atoms with van der Waals surface area (Å²) < 4.78 is 1.14. The van der Waals surface area contributed by atoms with Crippen LogP contribution in [0.25, 0.3) is 5.95 Å². The highest BCUT2D eigenvalue weighted by Crippen LogP contribution is 2.08. The summed E-state index contributed by atoms with van der Waals surface area (Å²) in [5, 5.41) is 25.9. The maximum atomic E-state index is 5.64. The fourth-order valence-corrected chi connectivity index (χ4v) is 1.52. The number of hydrogen-bond acceptors (Lipinski definition) is 13. The van der Waals surface area contributed by atoms with E-state index in [2.05, 4.69) is 56.5 Å². The van der Waals surface area contributed by atoms with Crippen LogP contribution < -0.4 is 28.3 Å². The van der Waals surface area contributed by atoms with Crippen molar-refractivity contribution in [2.75, 3.05) is 16.6 Å². The Morgan fingerprint density at radius 2 is 1.73 bits per heavy atom. The second-order valence-electron chi connectivity index (χ2n) is 3.89. The van der Waals surface area contributed by atoms with Gasteiger partial charge in [-0.1, -0.05) is 0 Å². The van der Waals surface area contributed by atoms with E-state index >= 15 is 0 Å². The molecule has 0 unspecified atom stereocenters. The van der Waals surface area contributed by atoms with Crippen molar-refractivity contribution in [3.05, 3.63) is 11.6 Å². The molecule has 114 valence electrons. The molecule has 0 saturated carbocycles. The minimum atomic E-state index is 0.0400. The van der Waals surface area contributed by atoms with Gasteiger partial charge in [0.15, 0.2) is 5.82 Å². The molecule has 0 aliphatic heterocycles. The van der Waals surface area contributed by atoms with Gasteiger partial charge in [0.1, 0.15) is 5.82 Å². The maximum absolute atomic E-state index is 5.64. The first-order valence-electron chi connectivity index (χ1n) is 5.83. The molecule has 0 atom stereocenters. The van der Waals surface area contributed by atoms with Crippen LogP contribution in [-0.4, -0.2) is 50.3 Å². The van der Waals surface area contributed by atoms with Crippen molar-refractivity contribution in [1.82, 2.24) is 50.3 Å². The summed E-state index contributed by atoms with van der Waals surface area (Å²) in [4.78, 5) is 7.85. The summed E-state index contributed by atoms with van der Waals surface area (Å²) in [5.41, 5.74) is 10.2. The van der Waals surface area contributed by atoms with E-state index in [9.17, 15) is 0 Å². The minimum Gasteiger partial charge on any atom is -0.368 e. The third-order valence-electron chi connectivity index (χ3n) is 2.45. The van der Waals surface area contributed by atoms with Gasteiger partial charge < -0.3 is 5.73 Å². The Morgan fingerprint density at radius 1 is 1.00 bits per heavy atom. The number of H-pyrrole nitrogens is 1. The van der Waals surface area contributed by atoms with Gasteiger partial charge in [-0.3, -0.25) is 16.0 Å². The average molecular weight is 305 g/mol. The van der Waals surface area contributed by atoms with Gasteiger partial charge in [0.25, 0.3) is 17.8 Å². The number of hydrazine groups is 2. The predicted octanol–water partition coefficient (Wildman–Crippen LogP) is -3.29. The topological polar surface area (TPSA) is 226 Å². The molecule has 0 radical (unpaired) electrons. The molecule has 0 aromatic carbocycles. The molecule has 3 rings (SSSR count). The Bertz CT molecular complexity index is 755. The van der Waals surface area contributed by atoms with Gasteiger partial charge >= 0.3 is 0 Å². The summed E-state index contributed by atoms with van der Waals surface area (Å²) in [6.07, 6.45) is 0.247. The molecule has 3 aromatic heterocycles. The van der Waals surface area contributed by atoms with Crippen LogP contribution >= 0.6 is 0 Å². The highest BCUT2D eigenvalue weighted by atomic mass is 15.5.